The number of nitrogens with one attached hydrogen (secondary N) is 1. The number of ether oxygens (including phenoxy) is 1. The van der Waals surface area contributed by atoms with Gasteiger partial charge in [0.25, 0.3) is 11.6 Å². The largest absolute Gasteiger partial charge is 0.497 e. The number of hydrogen-bond donors (Lipinski definition) is 1. The molecule has 3 rings (SSSR count). The summed E-state index contributed by atoms with van der Waals surface area (Å²) in [6.07, 6.45) is 1.02. The molecule has 10 nitrogen and oxygen atoms in total. The lowest BCUT2D eigenvalue weighted by atomic mass is 10.1. The van der Waals surface area contributed by atoms with E-state index in [0.29, 0.717) is 5.75 Å². The number of nitrogens with zero attached hydrogens (tertiary/aromatic N) is 3. The maximum Gasteiger partial charge on any atom is 0.335 e. The summed E-state index contributed by atoms with van der Waals surface area (Å²) in [5, 5.41) is 13.0. The number of carbonyl (C=O) groups excluding carboxylic acids is 3. The van der Waals surface area contributed by atoms with Gasteiger partial charge in [-0.1, -0.05) is 11.6 Å². The predicted molar refractivity (Wildman–Crippen MR) is 104 cm³/mol. The van der Waals surface area contributed by atoms with Crippen LogP contribution in [0.1, 0.15) is 0 Å². The van der Waals surface area contributed by atoms with Gasteiger partial charge in [0.2, 0.25) is 5.91 Å². The van der Waals surface area contributed by atoms with Crippen LogP contribution >= 0.6 is 11.6 Å². The zero-order chi connectivity index (χ0) is 21.1. The first-order chi connectivity index (χ1) is 13.8. The van der Waals surface area contributed by atoms with Crippen LogP contribution in [0, 0.1) is 16.0 Å². The molecule has 29 heavy (non-hydrogen) atoms. The van der Waals surface area contributed by atoms with Crippen LogP contribution in [-0.4, -0.2) is 36.1 Å². The summed E-state index contributed by atoms with van der Waals surface area (Å²) in [5.74, 6) is -2.53. The Morgan fingerprint density at radius 3 is 2.52 bits per heavy atom. The SMILES string of the molecule is COc1ccc(N2C(=O)NC(=O)[C@@H](C=Nc3ccc(Cl)c([N+](=O)[O-])c3)C2=O)cc1. The minimum Gasteiger partial charge on any atom is -0.497 e. The van der Waals surface area contributed by atoms with Crippen molar-refractivity contribution in [3.05, 3.63) is 57.6 Å². The molecule has 1 atom stereocenters. The number of barbiturate groups is 1. The second-order valence-electron chi connectivity index (χ2n) is 5.81. The van der Waals surface area contributed by atoms with Gasteiger partial charge in [0.1, 0.15) is 10.8 Å². The Bertz CT molecular complexity index is 1040. The molecular formula is C18H13ClN4O6. The lowest BCUT2D eigenvalue weighted by Crippen LogP contribution is -2.58. The fourth-order valence-electron chi connectivity index (χ4n) is 2.58. The lowest BCUT2D eigenvalue weighted by molar-refractivity contribution is -0.384. The molecule has 11 heteroatoms. The number of methoxy groups -OCH3 is 1. The molecule has 1 aliphatic heterocycles. The van der Waals surface area contributed by atoms with Gasteiger partial charge in [0.05, 0.1) is 23.4 Å². The van der Waals surface area contributed by atoms with Gasteiger partial charge in [-0.05, 0) is 36.4 Å². The summed E-state index contributed by atoms with van der Waals surface area (Å²) in [4.78, 5) is 52.1. The Balaban J connectivity index is 1.88. The molecule has 1 heterocycles. The van der Waals surface area contributed by atoms with Crippen molar-refractivity contribution in [1.82, 2.24) is 5.32 Å². The van der Waals surface area contributed by atoms with Crippen molar-refractivity contribution >= 4 is 52.7 Å². The highest BCUT2D eigenvalue weighted by molar-refractivity contribution is 6.33. The van der Waals surface area contributed by atoms with E-state index in [2.05, 4.69) is 10.3 Å². The summed E-state index contributed by atoms with van der Waals surface area (Å²) < 4.78 is 5.03. The number of halogens is 1. The second kappa shape index (κ2) is 8.07. The highest BCUT2D eigenvalue weighted by atomic mass is 35.5. The number of imide groups is 2. The second-order valence-corrected chi connectivity index (χ2v) is 6.22. The topological polar surface area (TPSA) is 131 Å². The summed E-state index contributed by atoms with van der Waals surface area (Å²) in [6, 6.07) is 8.98. The van der Waals surface area contributed by atoms with Gasteiger partial charge in [0, 0.05) is 12.3 Å². The number of nitro benzene ring substituents is 1. The predicted octanol–water partition coefficient (Wildman–Crippen LogP) is 2.86. The molecule has 0 radical (unpaired) electrons. The summed E-state index contributed by atoms with van der Waals surface area (Å²) in [5.41, 5.74) is -0.00768. The Morgan fingerprint density at radius 2 is 1.90 bits per heavy atom. The van der Waals surface area contributed by atoms with Crippen molar-refractivity contribution in [2.75, 3.05) is 12.0 Å². The zero-order valence-electron chi connectivity index (χ0n) is 14.9. The smallest absolute Gasteiger partial charge is 0.335 e. The normalized spacial score (nSPS) is 16.8. The highest BCUT2D eigenvalue weighted by Crippen LogP contribution is 2.29. The van der Waals surface area contributed by atoms with E-state index in [1.165, 1.54) is 31.4 Å². The van der Waals surface area contributed by atoms with Crippen LogP contribution in [0.2, 0.25) is 5.02 Å². The molecule has 1 fully saturated rings. The molecule has 2 aromatic carbocycles. The molecule has 1 saturated heterocycles. The fourth-order valence-corrected chi connectivity index (χ4v) is 2.77. The van der Waals surface area contributed by atoms with Crippen molar-refractivity contribution in [3.63, 3.8) is 0 Å². The van der Waals surface area contributed by atoms with E-state index in [1.807, 2.05) is 0 Å². The van der Waals surface area contributed by atoms with Crippen LogP contribution in [0.3, 0.4) is 0 Å². The van der Waals surface area contributed by atoms with Crippen LogP contribution in [-0.2, 0) is 9.59 Å². The molecule has 148 valence electrons. The molecule has 0 unspecified atom stereocenters. The number of hydrogen-bond acceptors (Lipinski definition) is 7. The van der Waals surface area contributed by atoms with Crippen LogP contribution in [0.15, 0.2) is 47.5 Å². The average molecular weight is 417 g/mol. The molecule has 1 N–H and O–H groups in total. The maximum atomic E-state index is 12.7. The monoisotopic (exact) mass is 416 g/mol. The van der Waals surface area contributed by atoms with E-state index in [4.69, 9.17) is 16.3 Å². The molecule has 0 saturated carbocycles. The van der Waals surface area contributed by atoms with Gasteiger partial charge in [-0.3, -0.25) is 30.0 Å². The highest BCUT2D eigenvalue weighted by Gasteiger charge is 2.40. The van der Waals surface area contributed by atoms with Crippen molar-refractivity contribution < 1.29 is 24.0 Å². The Hall–Kier alpha value is -3.79. The molecule has 0 bridgehead atoms. The van der Waals surface area contributed by atoms with Gasteiger partial charge in [-0.2, -0.15) is 0 Å². The zero-order valence-corrected chi connectivity index (χ0v) is 15.6. The summed E-state index contributed by atoms with van der Waals surface area (Å²) in [7, 11) is 1.47. The molecule has 0 aliphatic carbocycles. The fraction of sp³-hybridized carbons (Fsp3) is 0.111. The number of rotatable bonds is 5. The number of nitro groups is 1. The molecule has 0 spiro atoms. The number of aliphatic imine (C=N–C) groups is 1. The van der Waals surface area contributed by atoms with E-state index in [9.17, 15) is 24.5 Å². The van der Waals surface area contributed by atoms with Crippen LogP contribution in [0.4, 0.5) is 21.9 Å². The average Bonchev–Trinajstić information content (AvgIpc) is 2.69. The van der Waals surface area contributed by atoms with E-state index >= 15 is 0 Å². The van der Waals surface area contributed by atoms with Crippen LogP contribution in [0.25, 0.3) is 0 Å². The van der Waals surface area contributed by atoms with Gasteiger partial charge in [-0.15, -0.1) is 0 Å². The standard InChI is InChI=1S/C18H13ClN4O6/c1-29-12-5-3-11(4-6-12)22-17(25)13(16(24)21-18(22)26)9-20-10-2-7-14(19)15(8-10)23(27)28/h2-9,13H,1H3,(H,21,24,26)/t13-/m1/s1. The number of urea groups is 1. The molecule has 1 aliphatic rings. The van der Waals surface area contributed by atoms with Gasteiger partial charge >= 0.3 is 6.03 Å². The third-order valence-corrected chi connectivity index (χ3v) is 4.35. The van der Waals surface area contributed by atoms with Gasteiger partial charge < -0.3 is 4.74 Å². The van der Waals surface area contributed by atoms with Crippen molar-refractivity contribution in [2.45, 2.75) is 0 Å². The summed E-state index contributed by atoms with van der Waals surface area (Å²) >= 11 is 5.75. The van der Waals surface area contributed by atoms with E-state index < -0.39 is 28.7 Å². The van der Waals surface area contributed by atoms with Gasteiger partial charge in [0.15, 0.2) is 5.92 Å². The van der Waals surface area contributed by atoms with Crippen LogP contribution in [0.5, 0.6) is 5.75 Å². The minimum atomic E-state index is -1.40. The minimum absolute atomic E-state index is 0.0725. The van der Waals surface area contributed by atoms with Crippen molar-refractivity contribution in [1.29, 1.82) is 0 Å². The first-order valence-corrected chi connectivity index (χ1v) is 8.50. The molecule has 2 aromatic rings. The Kier molecular flexibility index (Phi) is 5.55. The molecule has 0 aromatic heterocycles. The third kappa shape index (κ3) is 4.06. The number of benzene rings is 2. The van der Waals surface area contributed by atoms with Crippen molar-refractivity contribution in [3.8, 4) is 5.75 Å². The van der Waals surface area contributed by atoms with E-state index in [1.54, 1.807) is 12.1 Å². The third-order valence-electron chi connectivity index (χ3n) is 4.03. The molecular weight excluding hydrogens is 404 g/mol. The lowest BCUT2D eigenvalue weighted by Gasteiger charge is -2.28. The quantitative estimate of drug-likeness (QED) is 0.345. The molecule has 4 amide bonds. The number of carbonyl (C=O) groups is 3. The maximum absolute atomic E-state index is 12.7. The van der Waals surface area contributed by atoms with E-state index in [-0.39, 0.29) is 22.1 Å². The number of amides is 4. The number of anilines is 1. The van der Waals surface area contributed by atoms with E-state index in [0.717, 1.165) is 17.2 Å². The van der Waals surface area contributed by atoms with Crippen molar-refractivity contribution in [2.24, 2.45) is 10.9 Å². The van der Waals surface area contributed by atoms with Crippen LogP contribution < -0.4 is 15.0 Å². The van der Waals surface area contributed by atoms with Gasteiger partial charge in [-0.25, -0.2) is 9.69 Å². The first kappa shape index (κ1) is 20.0. The first-order valence-electron chi connectivity index (χ1n) is 8.13. The summed E-state index contributed by atoms with van der Waals surface area (Å²) in [6.45, 7) is 0. The Labute approximate surface area is 168 Å². The Morgan fingerprint density at radius 1 is 1.21 bits per heavy atom.